The molecule has 2 aliphatic rings. The van der Waals surface area contributed by atoms with Gasteiger partial charge < -0.3 is 10.4 Å². The van der Waals surface area contributed by atoms with E-state index in [1.807, 2.05) is 6.08 Å². The lowest BCUT2D eigenvalue weighted by Gasteiger charge is -2.15. The molecule has 12 heavy (non-hydrogen) atoms. The third kappa shape index (κ3) is 1.11. The second-order valence-corrected chi connectivity index (χ2v) is 3.24. The van der Waals surface area contributed by atoms with Crippen molar-refractivity contribution in [3.63, 3.8) is 0 Å². The molecule has 3 nitrogen and oxygen atoms in total. The first-order chi connectivity index (χ1) is 5.77. The molecule has 1 atom stereocenters. The van der Waals surface area contributed by atoms with Crippen LogP contribution in [0.25, 0.3) is 0 Å². The van der Waals surface area contributed by atoms with Crippen molar-refractivity contribution >= 4 is 5.97 Å². The summed E-state index contributed by atoms with van der Waals surface area (Å²) < 4.78 is 0. The van der Waals surface area contributed by atoms with Crippen LogP contribution in [-0.4, -0.2) is 17.6 Å². The van der Waals surface area contributed by atoms with E-state index in [1.54, 1.807) is 6.08 Å². The van der Waals surface area contributed by atoms with E-state index in [9.17, 15) is 4.79 Å². The summed E-state index contributed by atoms with van der Waals surface area (Å²) in [5.41, 5.74) is 1.74. The first-order valence-electron chi connectivity index (χ1n) is 4.15. The molecule has 1 fully saturated rings. The van der Waals surface area contributed by atoms with Gasteiger partial charge in [0.1, 0.15) is 0 Å². The summed E-state index contributed by atoms with van der Waals surface area (Å²) in [4.78, 5) is 10.6. The molecule has 0 saturated carbocycles. The van der Waals surface area contributed by atoms with Gasteiger partial charge in [0, 0.05) is 23.7 Å². The number of hydrogen-bond donors (Lipinski definition) is 2. The van der Waals surface area contributed by atoms with Gasteiger partial charge in [0.25, 0.3) is 0 Å². The zero-order chi connectivity index (χ0) is 8.55. The van der Waals surface area contributed by atoms with Crippen molar-refractivity contribution in [2.75, 3.05) is 6.54 Å². The molecular weight excluding hydrogens is 154 g/mol. The molecule has 2 N–H and O–H groups in total. The van der Waals surface area contributed by atoms with Crippen LogP contribution in [-0.2, 0) is 4.79 Å². The van der Waals surface area contributed by atoms with Crippen LogP contribution in [0.3, 0.4) is 0 Å². The monoisotopic (exact) mass is 165 g/mol. The standard InChI is InChI=1S/C9H11NO2/c11-9(12)7-1-2-8-6(5-7)3-4-10-8/h1-2,6,10H,3-5H2,(H,11,12). The van der Waals surface area contributed by atoms with E-state index in [-0.39, 0.29) is 0 Å². The lowest BCUT2D eigenvalue weighted by molar-refractivity contribution is -0.132. The Labute approximate surface area is 70.8 Å². The fourth-order valence-corrected chi connectivity index (χ4v) is 1.78. The number of fused-ring (bicyclic) bond motifs is 1. The van der Waals surface area contributed by atoms with Crippen molar-refractivity contribution in [2.24, 2.45) is 5.92 Å². The number of aliphatic carboxylic acids is 1. The average molecular weight is 165 g/mol. The zero-order valence-corrected chi connectivity index (χ0v) is 6.71. The number of nitrogens with one attached hydrogen (secondary N) is 1. The van der Waals surface area contributed by atoms with Gasteiger partial charge in [0.05, 0.1) is 0 Å². The van der Waals surface area contributed by atoms with Crippen LogP contribution in [0.2, 0.25) is 0 Å². The molecule has 1 saturated heterocycles. The Kier molecular flexibility index (Phi) is 1.64. The van der Waals surface area contributed by atoms with Crippen LogP contribution in [0.5, 0.6) is 0 Å². The first kappa shape index (κ1) is 7.40. The predicted octanol–water partition coefficient (Wildman–Crippen LogP) is 0.895. The molecule has 64 valence electrons. The van der Waals surface area contributed by atoms with E-state index in [1.165, 1.54) is 5.70 Å². The largest absolute Gasteiger partial charge is 0.478 e. The number of carboxylic acids is 1. The Morgan fingerprint density at radius 2 is 2.42 bits per heavy atom. The summed E-state index contributed by atoms with van der Waals surface area (Å²) in [5, 5.41) is 12.0. The molecule has 2 rings (SSSR count). The number of carbonyl (C=O) groups is 1. The van der Waals surface area contributed by atoms with Crippen LogP contribution in [0, 0.1) is 5.92 Å². The zero-order valence-electron chi connectivity index (χ0n) is 6.71. The Balaban J connectivity index is 2.20. The van der Waals surface area contributed by atoms with Crippen molar-refractivity contribution in [3.8, 4) is 0 Å². The maximum atomic E-state index is 10.6. The molecule has 0 radical (unpaired) electrons. The average Bonchev–Trinajstić information content (AvgIpc) is 2.49. The van der Waals surface area contributed by atoms with Gasteiger partial charge in [-0.25, -0.2) is 4.79 Å². The van der Waals surface area contributed by atoms with Gasteiger partial charge in [0.15, 0.2) is 0 Å². The molecule has 0 amide bonds. The molecule has 0 aromatic carbocycles. The molecule has 1 aliphatic carbocycles. The topological polar surface area (TPSA) is 49.3 Å². The van der Waals surface area contributed by atoms with Crippen molar-refractivity contribution in [1.82, 2.24) is 5.32 Å². The predicted molar refractivity (Wildman–Crippen MR) is 44.5 cm³/mol. The second kappa shape index (κ2) is 2.66. The van der Waals surface area contributed by atoms with Gasteiger partial charge in [-0.1, -0.05) is 6.08 Å². The van der Waals surface area contributed by atoms with Crippen molar-refractivity contribution in [3.05, 3.63) is 23.4 Å². The van der Waals surface area contributed by atoms with Crippen LogP contribution in [0.1, 0.15) is 12.8 Å². The molecule has 1 heterocycles. The number of rotatable bonds is 1. The van der Waals surface area contributed by atoms with Gasteiger partial charge in [-0.2, -0.15) is 0 Å². The second-order valence-electron chi connectivity index (χ2n) is 3.24. The lowest BCUT2D eigenvalue weighted by atomic mass is 9.91. The van der Waals surface area contributed by atoms with Crippen LogP contribution < -0.4 is 5.32 Å². The van der Waals surface area contributed by atoms with E-state index < -0.39 is 5.97 Å². The quantitative estimate of drug-likeness (QED) is 0.606. The Morgan fingerprint density at radius 3 is 3.17 bits per heavy atom. The minimum atomic E-state index is -0.780. The highest BCUT2D eigenvalue weighted by molar-refractivity contribution is 5.87. The minimum absolute atomic E-state index is 0.432. The Bertz CT molecular complexity index is 278. The van der Waals surface area contributed by atoms with Crippen LogP contribution in [0.4, 0.5) is 0 Å². The summed E-state index contributed by atoms with van der Waals surface area (Å²) in [5.74, 6) is -0.349. The highest BCUT2D eigenvalue weighted by Crippen LogP contribution is 2.29. The normalized spacial score (nSPS) is 26.8. The molecule has 3 heteroatoms. The Hall–Kier alpha value is -1.25. The summed E-state index contributed by atoms with van der Waals surface area (Å²) in [6.45, 7) is 0.983. The third-order valence-electron chi connectivity index (χ3n) is 2.47. The highest BCUT2D eigenvalue weighted by atomic mass is 16.4. The smallest absolute Gasteiger partial charge is 0.331 e. The molecule has 1 unspecified atom stereocenters. The summed E-state index contributed by atoms with van der Waals surface area (Å²) in [6, 6.07) is 0. The lowest BCUT2D eigenvalue weighted by Crippen LogP contribution is -2.13. The number of carboxylic acid groups (broad SMARTS) is 1. The van der Waals surface area contributed by atoms with E-state index in [0.29, 0.717) is 17.9 Å². The Morgan fingerprint density at radius 1 is 1.58 bits per heavy atom. The van der Waals surface area contributed by atoms with Crippen molar-refractivity contribution < 1.29 is 9.90 Å². The maximum absolute atomic E-state index is 10.6. The minimum Gasteiger partial charge on any atom is -0.478 e. The van der Waals surface area contributed by atoms with Gasteiger partial charge in [0.2, 0.25) is 0 Å². The van der Waals surface area contributed by atoms with Crippen LogP contribution >= 0.6 is 0 Å². The fraction of sp³-hybridized carbons (Fsp3) is 0.444. The summed E-state index contributed by atoms with van der Waals surface area (Å²) in [7, 11) is 0. The third-order valence-corrected chi connectivity index (χ3v) is 2.47. The highest BCUT2D eigenvalue weighted by Gasteiger charge is 2.25. The van der Waals surface area contributed by atoms with Gasteiger partial charge >= 0.3 is 5.97 Å². The number of allylic oxidation sites excluding steroid dienone is 3. The molecule has 0 bridgehead atoms. The number of hydrogen-bond acceptors (Lipinski definition) is 2. The van der Waals surface area contributed by atoms with E-state index in [0.717, 1.165) is 13.0 Å². The first-order valence-corrected chi connectivity index (χ1v) is 4.15. The molecule has 0 spiro atoms. The summed E-state index contributed by atoms with van der Waals surface area (Å²) in [6.07, 6.45) is 5.35. The summed E-state index contributed by atoms with van der Waals surface area (Å²) >= 11 is 0. The van der Waals surface area contributed by atoms with E-state index in [2.05, 4.69) is 5.32 Å². The molecule has 0 aromatic heterocycles. The molecular formula is C9H11NO2. The molecule has 0 aromatic rings. The van der Waals surface area contributed by atoms with Gasteiger partial charge in [-0.3, -0.25) is 0 Å². The SMILES string of the molecule is O=C(O)C1=CC=C2NCCC2C1. The van der Waals surface area contributed by atoms with Gasteiger partial charge in [-0.05, 0) is 18.9 Å². The van der Waals surface area contributed by atoms with Crippen LogP contribution in [0.15, 0.2) is 23.4 Å². The van der Waals surface area contributed by atoms with E-state index >= 15 is 0 Å². The van der Waals surface area contributed by atoms with Crippen molar-refractivity contribution in [1.29, 1.82) is 0 Å². The van der Waals surface area contributed by atoms with Gasteiger partial charge in [-0.15, -0.1) is 0 Å². The maximum Gasteiger partial charge on any atom is 0.331 e. The fourth-order valence-electron chi connectivity index (χ4n) is 1.78. The molecule has 1 aliphatic heterocycles. The van der Waals surface area contributed by atoms with Crippen molar-refractivity contribution in [2.45, 2.75) is 12.8 Å². The van der Waals surface area contributed by atoms with E-state index in [4.69, 9.17) is 5.11 Å².